The van der Waals surface area contributed by atoms with Crippen molar-refractivity contribution in [3.63, 3.8) is 0 Å². The van der Waals surface area contributed by atoms with Crippen molar-refractivity contribution in [1.82, 2.24) is 0 Å². The highest BCUT2D eigenvalue weighted by atomic mass is 35.5. The van der Waals surface area contributed by atoms with Crippen LogP contribution in [0, 0.1) is 0 Å². The Labute approximate surface area is 65.0 Å². The standard InChI is InChI=1S/C6H8BClO2/c8-6-4-2-1-3-5(6)7(9)10/h2,4,9-10H,1,3H2. The molecule has 0 radical (unpaired) electrons. The summed E-state index contributed by atoms with van der Waals surface area (Å²) in [5.41, 5.74) is 0.518. The van der Waals surface area contributed by atoms with Crippen molar-refractivity contribution in [2.45, 2.75) is 12.8 Å². The summed E-state index contributed by atoms with van der Waals surface area (Å²) < 4.78 is 0. The van der Waals surface area contributed by atoms with Crippen LogP contribution in [0.3, 0.4) is 0 Å². The molecule has 0 bridgehead atoms. The van der Waals surface area contributed by atoms with Crippen LogP contribution in [-0.4, -0.2) is 17.2 Å². The highest BCUT2D eigenvalue weighted by Gasteiger charge is 2.18. The van der Waals surface area contributed by atoms with E-state index in [2.05, 4.69) is 0 Å². The maximum absolute atomic E-state index is 8.73. The summed E-state index contributed by atoms with van der Waals surface area (Å²) in [6.07, 6.45) is 5.09. The van der Waals surface area contributed by atoms with Crippen molar-refractivity contribution in [3.8, 4) is 0 Å². The molecule has 0 atom stereocenters. The predicted molar refractivity (Wildman–Crippen MR) is 41.4 cm³/mol. The van der Waals surface area contributed by atoms with Gasteiger partial charge in [-0.3, -0.25) is 0 Å². The maximum atomic E-state index is 8.73. The zero-order valence-corrected chi connectivity index (χ0v) is 6.17. The quantitative estimate of drug-likeness (QED) is 0.555. The van der Waals surface area contributed by atoms with E-state index in [-0.39, 0.29) is 0 Å². The van der Waals surface area contributed by atoms with Crippen LogP contribution >= 0.6 is 11.6 Å². The van der Waals surface area contributed by atoms with Crippen molar-refractivity contribution in [3.05, 3.63) is 22.7 Å². The number of halogens is 1. The first-order chi connectivity index (χ1) is 4.72. The molecule has 0 saturated carbocycles. The highest BCUT2D eigenvalue weighted by molar-refractivity contribution is 6.54. The summed E-state index contributed by atoms with van der Waals surface area (Å²) in [6, 6.07) is 0. The summed E-state index contributed by atoms with van der Waals surface area (Å²) in [4.78, 5) is 0. The molecular weight excluding hydrogens is 150 g/mol. The van der Waals surface area contributed by atoms with E-state index in [0.717, 1.165) is 6.42 Å². The lowest BCUT2D eigenvalue weighted by Gasteiger charge is -2.09. The van der Waals surface area contributed by atoms with Gasteiger partial charge in [0.2, 0.25) is 0 Å². The third kappa shape index (κ3) is 1.63. The SMILES string of the molecule is OB(O)C1=C(Cl)C=CCC1. The molecule has 0 saturated heterocycles. The van der Waals surface area contributed by atoms with Crippen LogP contribution in [0.2, 0.25) is 0 Å². The summed E-state index contributed by atoms with van der Waals surface area (Å²) >= 11 is 5.65. The molecule has 2 nitrogen and oxygen atoms in total. The Morgan fingerprint density at radius 1 is 1.50 bits per heavy atom. The molecule has 0 fully saturated rings. The first-order valence-electron chi connectivity index (χ1n) is 3.13. The van der Waals surface area contributed by atoms with Crippen molar-refractivity contribution in [1.29, 1.82) is 0 Å². The van der Waals surface area contributed by atoms with Gasteiger partial charge < -0.3 is 10.0 Å². The van der Waals surface area contributed by atoms with E-state index in [9.17, 15) is 0 Å². The fourth-order valence-electron chi connectivity index (χ4n) is 0.905. The first kappa shape index (κ1) is 7.86. The van der Waals surface area contributed by atoms with Gasteiger partial charge in [0.05, 0.1) is 0 Å². The van der Waals surface area contributed by atoms with Crippen molar-refractivity contribution >= 4 is 18.7 Å². The van der Waals surface area contributed by atoms with E-state index < -0.39 is 7.12 Å². The van der Waals surface area contributed by atoms with Gasteiger partial charge >= 0.3 is 7.12 Å². The average molecular weight is 158 g/mol. The minimum absolute atomic E-state index is 0.459. The van der Waals surface area contributed by atoms with E-state index in [1.807, 2.05) is 6.08 Å². The molecule has 0 aromatic heterocycles. The van der Waals surface area contributed by atoms with E-state index >= 15 is 0 Å². The van der Waals surface area contributed by atoms with Crippen LogP contribution in [0.25, 0.3) is 0 Å². The molecule has 2 N–H and O–H groups in total. The van der Waals surface area contributed by atoms with E-state index in [0.29, 0.717) is 16.9 Å². The molecule has 0 aromatic rings. The van der Waals surface area contributed by atoms with Gasteiger partial charge in [0.25, 0.3) is 0 Å². The molecule has 0 heterocycles. The van der Waals surface area contributed by atoms with Crippen molar-refractivity contribution in [2.75, 3.05) is 0 Å². The summed E-state index contributed by atoms with van der Waals surface area (Å²) in [7, 11) is -1.39. The first-order valence-corrected chi connectivity index (χ1v) is 3.51. The van der Waals surface area contributed by atoms with Gasteiger partial charge in [-0.25, -0.2) is 0 Å². The second-order valence-electron chi connectivity index (χ2n) is 2.19. The Balaban J connectivity index is 2.79. The van der Waals surface area contributed by atoms with Gasteiger partial charge in [-0.15, -0.1) is 0 Å². The van der Waals surface area contributed by atoms with E-state index in [1.54, 1.807) is 6.08 Å². The van der Waals surface area contributed by atoms with Gasteiger partial charge in [-0.2, -0.15) is 0 Å². The van der Waals surface area contributed by atoms with Crippen LogP contribution in [-0.2, 0) is 0 Å². The zero-order valence-electron chi connectivity index (χ0n) is 5.42. The summed E-state index contributed by atoms with van der Waals surface area (Å²) in [6.45, 7) is 0. The number of rotatable bonds is 1. The molecule has 1 aliphatic carbocycles. The number of hydrogen-bond donors (Lipinski definition) is 2. The minimum atomic E-state index is -1.39. The fraction of sp³-hybridized carbons (Fsp3) is 0.333. The van der Waals surface area contributed by atoms with Crippen molar-refractivity contribution in [2.24, 2.45) is 0 Å². The van der Waals surface area contributed by atoms with Gasteiger partial charge in [-0.1, -0.05) is 17.7 Å². The number of hydrogen-bond acceptors (Lipinski definition) is 2. The van der Waals surface area contributed by atoms with Gasteiger partial charge in [0, 0.05) is 5.03 Å². The fourth-order valence-corrected chi connectivity index (χ4v) is 1.19. The third-order valence-corrected chi connectivity index (χ3v) is 1.83. The molecular formula is C6H8BClO2. The molecule has 0 aromatic carbocycles. The molecule has 10 heavy (non-hydrogen) atoms. The summed E-state index contributed by atoms with van der Waals surface area (Å²) in [5, 5.41) is 17.9. The Kier molecular flexibility index (Phi) is 2.54. The predicted octanol–water partition coefficient (Wildman–Crippen LogP) is 0.841. The number of allylic oxidation sites excluding steroid dienone is 4. The lowest BCUT2D eigenvalue weighted by Crippen LogP contribution is -2.17. The van der Waals surface area contributed by atoms with E-state index in [4.69, 9.17) is 21.6 Å². The van der Waals surface area contributed by atoms with Crippen LogP contribution < -0.4 is 0 Å². The second kappa shape index (κ2) is 3.24. The van der Waals surface area contributed by atoms with Crippen LogP contribution in [0.1, 0.15) is 12.8 Å². The Morgan fingerprint density at radius 3 is 2.60 bits per heavy atom. The van der Waals surface area contributed by atoms with Crippen LogP contribution in [0.4, 0.5) is 0 Å². The molecule has 0 unspecified atom stereocenters. The van der Waals surface area contributed by atoms with Gasteiger partial charge in [0.1, 0.15) is 0 Å². The monoisotopic (exact) mass is 158 g/mol. The summed E-state index contributed by atoms with van der Waals surface area (Å²) in [5.74, 6) is 0. The Morgan fingerprint density at radius 2 is 2.20 bits per heavy atom. The maximum Gasteiger partial charge on any atom is 0.485 e. The highest BCUT2D eigenvalue weighted by Crippen LogP contribution is 2.21. The minimum Gasteiger partial charge on any atom is -0.423 e. The average Bonchev–Trinajstić information content (AvgIpc) is 1.88. The largest absolute Gasteiger partial charge is 0.485 e. The topological polar surface area (TPSA) is 40.5 Å². The van der Waals surface area contributed by atoms with Gasteiger partial charge in [-0.05, 0) is 24.4 Å². The molecule has 1 aliphatic rings. The lowest BCUT2D eigenvalue weighted by molar-refractivity contribution is 0.416. The molecule has 54 valence electrons. The molecule has 4 heteroatoms. The van der Waals surface area contributed by atoms with Crippen molar-refractivity contribution < 1.29 is 10.0 Å². The Bertz CT molecular complexity index is 186. The molecule has 0 spiro atoms. The zero-order chi connectivity index (χ0) is 7.56. The lowest BCUT2D eigenvalue weighted by atomic mass is 9.75. The molecule has 1 rings (SSSR count). The normalized spacial score (nSPS) is 17.9. The van der Waals surface area contributed by atoms with Crippen LogP contribution in [0.15, 0.2) is 22.7 Å². The second-order valence-corrected chi connectivity index (χ2v) is 2.60. The Hall–Kier alpha value is -0.245. The van der Waals surface area contributed by atoms with Crippen LogP contribution in [0.5, 0.6) is 0 Å². The third-order valence-electron chi connectivity index (χ3n) is 1.46. The van der Waals surface area contributed by atoms with Gasteiger partial charge in [0.15, 0.2) is 0 Å². The molecule has 0 amide bonds. The smallest absolute Gasteiger partial charge is 0.423 e. The van der Waals surface area contributed by atoms with E-state index in [1.165, 1.54) is 0 Å². The molecule has 0 aliphatic heterocycles.